The van der Waals surface area contributed by atoms with Crippen molar-refractivity contribution in [3.63, 3.8) is 0 Å². The summed E-state index contributed by atoms with van der Waals surface area (Å²) in [5, 5.41) is 0. The van der Waals surface area contributed by atoms with Crippen molar-refractivity contribution in [3.8, 4) is 5.75 Å². The number of rotatable bonds is 2. The Bertz CT molecular complexity index is 793. The van der Waals surface area contributed by atoms with Crippen molar-refractivity contribution in [1.82, 2.24) is 0 Å². The first-order valence-corrected chi connectivity index (χ1v) is 9.73. The van der Waals surface area contributed by atoms with Gasteiger partial charge in [0.15, 0.2) is 0 Å². The minimum absolute atomic E-state index is 0.0546. The van der Waals surface area contributed by atoms with Crippen LogP contribution in [0.2, 0.25) is 0 Å². The van der Waals surface area contributed by atoms with Gasteiger partial charge in [-0.2, -0.15) is 0 Å². The summed E-state index contributed by atoms with van der Waals surface area (Å²) in [7, 11) is 0. The van der Waals surface area contributed by atoms with E-state index in [-0.39, 0.29) is 16.9 Å². The second kappa shape index (κ2) is 6.64. The van der Waals surface area contributed by atoms with Crippen LogP contribution in [-0.4, -0.2) is 6.10 Å². The van der Waals surface area contributed by atoms with Crippen LogP contribution in [0.3, 0.4) is 0 Å². The van der Waals surface area contributed by atoms with Gasteiger partial charge in [0.25, 0.3) is 0 Å². The van der Waals surface area contributed by atoms with Gasteiger partial charge in [-0.05, 0) is 46.4 Å². The predicted octanol–water partition coefficient (Wildman–Crippen LogP) is 5.80. The summed E-state index contributed by atoms with van der Waals surface area (Å²) in [4.78, 5) is 0. The third-order valence-electron chi connectivity index (χ3n) is 5.36. The van der Waals surface area contributed by atoms with E-state index in [4.69, 9.17) is 10.5 Å². The highest BCUT2D eigenvalue weighted by molar-refractivity contribution is 5.51. The summed E-state index contributed by atoms with van der Waals surface area (Å²) in [6.45, 7) is 13.7. The Morgan fingerprint density at radius 3 is 2.31 bits per heavy atom. The zero-order valence-corrected chi connectivity index (χ0v) is 17.1. The van der Waals surface area contributed by atoms with Gasteiger partial charge in [-0.1, -0.05) is 71.9 Å². The number of hydrogen-bond acceptors (Lipinski definition) is 2. The zero-order valence-electron chi connectivity index (χ0n) is 17.1. The van der Waals surface area contributed by atoms with Gasteiger partial charge in [0.2, 0.25) is 0 Å². The molecule has 0 amide bonds. The molecule has 0 spiro atoms. The molecule has 0 saturated heterocycles. The normalized spacial score (nSPS) is 17.5. The minimum Gasteiger partial charge on any atom is -0.489 e. The molecule has 140 valence electrons. The highest BCUT2D eigenvalue weighted by atomic mass is 16.5. The lowest BCUT2D eigenvalue weighted by atomic mass is 9.77. The molecule has 0 aliphatic carbocycles. The van der Waals surface area contributed by atoms with Crippen LogP contribution in [0, 0.1) is 0 Å². The molecule has 2 aromatic carbocycles. The molecule has 1 aliphatic heterocycles. The summed E-state index contributed by atoms with van der Waals surface area (Å²) in [6, 6.07) is 12.8. The van der Waals surface area contributed by atoms with Gasteiger partial charge >= 0.3 is 0 Å². The number of anilines is 1. The third kappa shape index (κ3) is 3.90. The van der Waals surface area contributed by atoms with Crippen LogP contribution >= 0.6 is 0 Å². The van der Waals surface area contributed by atoms with Gasteiger partial charge in [0.1, 0.15) is 11.9 Å². The summed E-state index contributed by atoms with van der Waals surface area (Å²) >= 11 is 0. The summed E-state index contributed by atoms with van der Waals surface area (Å²) in [5.41, 5.74) is 12.5. The smallest absolute Gasteiger partial charge is 0.126 e. The van der Waals surface area contributed by atoms with Crippen molar-refractivity contribution < 1.29 is 4.74 Å². The van der Waals surface area contributed by atoms with E-state index in [0.29, 0.717) is 0 Å². The molecule has 3 rings (SSSR count). The first-order valence-electron chi connectivity index (χ1n) is 9.73. The Morgan fingerprint density at radius 1 is 1.00 bits per heavy atom. The highest BCUT2D eigenvalue weighted by Crippen LogP contribution is 2.42. The molecule has 0 saturated carbocycles. The quantitative estimate of drug-likeness (QED) is 0.694. The van der Waals surface area contributed by atoms with Crippen LogP contribution in [0.4, 0.5) is 5.69 Å². The average Bonchev–Trinajstić information content (AvgIpc) is 2.54. The van der Waals surface area contributed by atoms with E-state index in [1.807, 2.05) is 12.1 Å². The summed E-state index contributed by atoms with van der Waals surface area (Å²) < 4.78 is 6.56. The van der Waals surface area contributed by atoms with Crippen molar-refractivity contribution in [1.29, 1.82) is 0 Å². The number of fused-ring (bicyclic) bond motifs is 1. The molecule has 2 heteroatoms. The Balaban J connectivity index is 1.96. The van der Waals surface area contributed by atoms with Crippen molar-refractivity contribution in [2.24, 2.45) is 0 Å². The lowest BCUT2D eigenvalue weighted by Gasteiger charge is -2.34. The number of benzene rings is 2. The fourth-order valence-corrected chi connectivity index (χ4v) is 3.66. The zero-order chi connectivity index (χ0) is 19.1. The summed E-state index contributed by atoms with van der Waals surface area (Å²) in [5.74, 6) is 1.11. The largest absolute Gasteiger partial charge is 0.489 e. The van der Waals surface area contributed by atoms with Gasteiger partial charge in [-0.25, -0.2) is 0 Å². The topological polar surface area (TPSA) is 35.2 Å². The molecule has 26 heavy (non-hydrogen) atoms. The van der Waals surface area contributed by atoms with Gasteiger partial charge < -0.3 is 10.5 Å². The van der Waals surface area contributed by atoms with E-state index >= 15 is 0 Å². The van der Waals surface area contributed by atoms with Crippen molar-refractivity contribution in [3.05, 3.63) is 58.7 Å². The second-order valence-corrected chi connectivity index (χ2v) is 9.69. The van der Waals surface area contributed by atoms with E-state index in [0.717, 1.165) is 30.7 Å². The lowest BCUT2D eigenvalue weighted by Crippen LogP contribution is -2.29. The van der Waals surface area contributed by atoms with Crippen LogP contribution in [-0.2, 0) is 23.7 Å². The number of hydrogen-bond donors (Lipinski definition) is 1. The van der Waals surface area contributed by atoms with Crippen LogP contribution in [0.5, 0.6) is 5.75 Å². The molecule has 2 aromatic rings. The van der Waals surface area contributed by atoms with Crippen LogP contribution < -0.4 is 10.5 Å². The van der Waals surface area contributed by atoms with Crippen molar-refractivity contribution >= 4 is 5.69 Å². The number of ether oxygens (including phenoxy) is 1. The van der Waals surface area contributed by atoms with Gasteiger partial charge in [-0.15, -0.1) is 0 Å². The van der Waals surface area contributed by atoms with Crippen molar-refractivity contribution in [2.75, 3.05) is 5.73 Å². The SMILES string of the molecule is CC(C)(C)c1cc2c(c(C(C)(C)C)c1)O[C@@H](Cc1ccccc1N)CC2. The Kier molecular flexibility index (Phi) is 4.81. The maximum Gasteiger partial charge on any atom is 0.126 e. The van der Waals surface area contributed by atoms with Gasteiger partial charge in [-0.3, -0.25) is 0 Å². The maximum atomic E-state index is 6.56. The van der Waals surface area contributed by atoms with Crippen LogP contribution in [0.15, 0.2) is 36.4 Å². The first-order chi connectivity index (χ1) is 12.1. The molecular formula is C24H33NO. The van der Waals surface area contributed by atoms with E-state index in [1.165, 1.54) is 22.3 Å². The molecule has 0 fully saturated rings. The standard InChI is InChI=1S/C24H33NO/c1-23(2,3)18-13-17-11-12-19(14-16-9-7-8-10-21(16)25)26-22(17)20(15-18)24(4,5)6/h7-10,13,15,19H,11-12,14,25H2,1-6H3/t19-/m1/s1. The molecular weight excluding hydrogens is 318 g/mol. The second-order valence-electron chi connectivity index (χ2n) is 9.69. The van der Waals surface area contributed by atoms with E-state index in [9.17, 15) is 0 Å². The molecule has 0 aromatic heterocycles. The van der Waals surface area contributed by atoms with E-state index in [2.05, 4.69) is 65.8 Å². The van der Waals surface area contributed by atoms with Gasteiger partial charge in [0, 0.05) is 17.7 Å². The third-order valence-corrected chi connectivity index (χ3v) is 5.36. The van der Waals surface area contributed by atoms with Crippen LogP contribution in [0.1, 0.15) is 70.2 Å². The molecule has 2 nitrogen and oxygen atoms in total. The molecule has 0 unspecified atom stereocenters. The monoisotopic (exact) mass is 351 g/mol. The Morgan fingerprint density at radius 2 is 1.69 bits per heavy atom. The molecule has 0 bridgehead atoms. The fourth-order valence-electron chi connectivity index (χ4n) is 3.66. The Hall–Kier alpha value is -1.96. The lowest BCUT2D eigenvalue weighted by molar-refractivity contribution is 0.169. The first kappa shape index (κ1) is 18.8. The minimum atomic E-state index is 0.0546. The number of para-hydroxylation sites is 1. The number of nitrogen functional groups attached to an aromatic ring is 1. The van der Waals surface area contributed by atoms with Gasteiger partial charge in [0.05, 0.1) is 0 Å². The molecule has 2 N–H and O–H groups in total. The average molecular weight is 352 g/mol. The maximum absolute atomic E-state index is 6.56. The van der Waals surface area contributed by atoms with Crippen molar-refractivity contribution in [2.45, 2.75) is 77.7 Å². The molecule has 1 aliphatic rings. The molecule has 1 atom stereocenters. The van der Waals surface area contributed by atoms with E-state index in [1.54, 1.807) is 0 Å². The highest BCUT2D eigenvalue weighted by Gasteiger charge is 2.30. The van der Waals surface area contributed by atoms with Crippen LogP contribution in [0.25, 0.3) is 0 Å². The Labute approximate surface area is 158 Å². The summed E-state index contributed by atoms with van der Waals surface area (Å²) in [6.07, 6.45) is 3.17. The number of aryl methyl sites for hydroxylation is 1. The van der Waals surface area contributed by atoms with E-state index < -0.39 is 0 Å². The molecule has 1 heterocycles. The molecule has 0 radical (unpaired) electrons. The predicted molar refractivity (Wildman–Crippen MR) is 111 cm³/mol. The fraction of sp³-hybridized carbons (Fsp3) is 0.500. The number of nitrogens with two attached hydrogens (primary N) is 1.